The van der Waals surface area contributed by atoms with Crippen LogP contribution in [-0.4, -0.2) is 24.3 Å². The van der Waals surface area contributed by atoms with Crippen molar-refractivity contribution in [1.29, 1.82) is 5.41 Å². The third-order valence-corrected chi connectivity index (χ3v) is 2.25. The monoisotopic (exact) mass is 230 g/mol. The van der Waals surface area contributed by atoms with Gasteiger partial charge in [0.05, 0.1) is 12.7 Å². The molecule has 88 valence electrons. The van der Waals surface area contributed by atoms with Crippen LogP contribution >= 0.6 is 0 Å². The molecule has 0 bridgehead atoms. The Morgan fingerprint density at radius 2 is 2.29 bits per heavy atom. The molecule has 4 nitrogen and oxygen atoms in total. The molecule has 0 saturated carbocycles. The second-order valence-electron chi connectivity index (χ2n) is 3.35. The third kappa shape index (κ3) is 2.87. The quantitative estimate of drug-likeness (QED) is 0.373. The molecule has 0 fully saturated rings. The summed E-state index contributed by atoms with van der Waals surface area (Å²) < 4.78 is 4.63. The van der Waals surface area contributed by atoms with Gasteiger partial charge >= 0.3 is 5.97 Å². The molecule has 1 N–H and O–H groups in total. The fourth-order valence-electron chi connectivity index (χ4n) is 1.45. The Hall–Kier alpha value is -2.23. The molecule has 1 heterocycles. The van der Waals surface area contributed by atoms with Crippen LogP contribution in [0, 0.1) is 12.3 Å². The number of allylic oxidation sites excluding steroid dienone is 2. The van der Waals surface area contributed by atoms with Gasteiger partial charge in [-0.1, -0.05) is 12.7 Å². The van der Waals surface area contributed by atoms with Crippen molar-refractivity contribution in [2.45, 2.75) is 6.92 Å². The minimum absolute atomic E-state index is 0.174. The van der Waals surface area contributed by atoms with E-state index in [-0.39, 0.29) is 5.57 Å². The first-order valence-electron chi connectivity index (χ1n) is 5.02. The Balaban J connectivity index is 3.39. The third-order valence-electron chi connectivity index (χ3n) is 2.25. The van der Waals surface area contributed by atoms with Crippen molar-refractivity contribution in [3.8, 4) is 0 Å². The van der Waals surface area contributed by atoms with E-state index < -0.39 is 5.97 Å². The number of aromatic nitrogens is 1. The summed E-state index contributed by atoms with van der Waals surface area (Å²) in [6, 6.07) is 3.58. The number of aryl methyl sites for hydroxylation is 1. The van der Waals surface area contributed by atoms with Crippen molar-refractivity contribution in [2.75, 3.05) is 7.11 Å². The molecule has 0 atom stereocenters. The first-order valence-corrected chi connectivity index (χ1v) is 5.02. The molecule has 0 spiro atoms. The highest BCUT2D eigenvalue weighted by Crippen LogP contribution is 2.20. The van der Waals surface area contributed by atoms with Gasteiger partial charge in [0.2, 0.25) is 0 Å². The number of ether oxygens (including phenoxy) is 1. The van der Waals surface area contributed by atoms with Crippen LogP contribution in [0.3, 0.4) is 0 Å². The lowest BCUT2D eigenvalue weighted by molar-refractivity contribution is -0.135. The van der Waals surface area contributed by atoms with Gasteiger partial charge < -0.3 is 10.1 Å². The summed E-state index contributed by atoms with van der Waals surface area (Å²) in [4.78, 5) is 15.6. The molecule has 0 radical (unpaired) electrons. The standard InChI is InChI=1S/C13H14N2O2/c1-4-11(12(8-14)13(16)17-3)10-5-6-15-9(2)7-10/h4-8,14H,1H2,2-3H3/b12-11-,14-8?. The van der Waals surface area contributed by atoms with Crippen LogP contribution in [0.1, 0.15) is 11.3 Å². The van der Waals surface area contributed by atoms with Gasteiger partial charge in [0.15, 0.2) is 0 Å². The first kappa shape index (κ1) is 12.8. The molecular formula is C13H14N2O2. The van der Waals surface area contributed by atoms with E-state index in [9.17, 15) is 4.79 Å². The Morgan fingerprint density at radius 3 is 2.76 bits per heavy atom. The van der Waals surface area contributed by atoms with Crippen molar-refractivity contribution in [3.63, 3.8) is 0 Å². The highest BCUT2D eigenvalue weighted by Gasteiger charge is 2.13. The fourth-order valence-corrected chi connectivity index (χ4v) is 1.45. The molecule has 0 unspecified atom stereocenters. The number of hydrogen-bond donors (Lipinski definition) is 1. The molecule has 1 aromatic heterocycles. The second kappa shape index (κ2) is 5.75. The largest absolute Gasteiger partial charge is 0.465 e. The number of nitrogens with zero attached hydrogens (tertiary/aromatic N) is 1. The number of esters is 1. The van der Waals surface area contributed by atoms with Crippen LogP contribution in [0.5, 0.6) is 0 Å². The number of carbonyl (C=O) groups is 1. The average Bonchev–Trinajstić information content (AvgIpc) is 2.34. The van der Waals surface area contributed by atoms with Crippen LogP contribution in [-0.2, 0) is 9.53 Å². The van der Waals surface area contributed by atoms with Crippen LogP contribution in [0.15, 0.2) is 36.6 Å². The smallest absolute Gasteiger partial charge is 0.340 e. The zero-order valence-electron chi connectivity index (χ0n) is 9.86. The fraction of sp³-hybridized carbons (Fsp3) is 0.154. The van der Waals surface area contributed by atoms with E-state index in [1.165, 1.54) is 13.2 Å². The van der Waals surface area contributed by atoms with Crippen LogP contribution < -0.4 is 0 Å². The van der Waals surface area contributed by atoms with Gasteiger partial charge in [0, 0.05) is 18.1 Å². The Kier molecular flexibility index (Phi) is 4.34. The van der Waals surface area contributed by atoms with Crippen molar-refractivity contribution >= 4 is 17.8 Å². The van der Waals surface area contributed by atoms with Crippen molar-refractivity contribution in [1.82, 2.24) is 4.98 Å². The predicted octanol–water partition coefficient (Wildman–Crippen LogP) is 2.15. The predicted molar refractivity (Wildman–Crippen MR) is 66.9 cm³/mol. The first-order chi connectivity index (χ1) is 8.13. The normalized spacial score (nSPS) is 11.4. The summed E-state index contributed by atoms with van der Waals surface area (Å²) in [5.74, 6) is -0.552. The summed E-state index contributed by atoms with van der Waals surface area (Å²) in [7, 11) is 1.28. The van der Waals surface area contributed by atoms with E-state index in [1.54, 1.807) is 12.3 Å². The maximum Gasteiger partial charge on any atom is 0.340 e. The lowest BCUT2D eigenvalue weighted by Gasteiger charge is -2.07. The van der Waals surface area contributed by atoms with Gasteiger partial charge in [0.1, 0.15) is 0 Å². The van der Waals surface area contributed by atoms with Crippen LogP contribution in [0.25, 0.3) is 5.57 Å². The summed E-state index contributed by atoms with van der Waals surface area (Å²) in [6.45, 7) is 5.52. The molecule has 4 heteroatoms. The van der Waals surface area contributed by atoms with Crippen LogP contribution in [0.4, 0.5) is 0 Å². The number of methoxy groups -OCH3 is 1. The Morgan fingerprint density at radius 1 is 1.59 bits per heavy atom. The maximum absolute atomic E-state index is 11.5. The molecule has 0 saturated heterocycles. The number of hydrogen-bond acceptors (Lipinski definition) is 4. The summed E-state index contributed by atoms with van der Waals surface area (Å²) in [5.41, 5.74) is 2.36. The molecule has 0 aliphatic carbocycles. The molecule has 0 aromatic carbocycles. The van der Waals surface area contributed by atoms with Gasteiger partial charge in [0.25, 0.3) is 0 Å². The molecule has 17 heavy (non-hydrogen) atoms. The summed E-state index contributed by atoms with van der Waals surface area (Å²) >= 11 is 0. The van der Waals surface area contributed by atoms with Crippen molar-refractivity contribution < 1.29 is 9.53 Å². The Labute approximate surface area is 100 Å². The molecular weight excluding hydrogens is 216 g/mol. The van der Waals surface area contributed by atoms with E-state index in [4.69, 9.17) is 5.41 Å². The van der Waals surface area contributed by atoms with Crippen molar-refractivity contribution in [2.24, 2.45) is 0 Å². The lowest BCUT2D eigenvalue weighted by atomic mass is 10.0. The molecule has 0 amide bonds. The van der Waals surface area contributed by atoms with Crippen molar-refractivity contribution in [3.05, 3.63) is 47.8 Å². The molecule has 1 rings (SSSR count). The highest BCUT2D eigenvalue weighted by molar-refractivity contribution is 6.16. The Bertz CT molecular complexity index is 490. The van der Waals surface area contributed by atoms with Gasteiger partial charge in [-0.2, -0.15) is 0 Å². The van der Waals surface area contributed by atoms with E-state index >= 15 is 0 Å². The van der Waals surface area contributed by atoms with E-state index in [1.807, 2.05) is 13.0 Å². The SMILES string of the molecule is C=C/C(=C(\C=N)C(=O)OC)c1ccnc(C)c1. The zero-order chi connectivity index (χ0) is 12.8. The number of carbonyl (C=O) groups excluding carboxylic acids is 1. The van der Waals surface area contributed by atoms with Crippen LogP contribution in [0.2, 0.25) is 0 Å². The average molecular weight is 230 g/mol. The molecule has 1 aromatic rings. The molecule has 0 aliphatic heterocycles. The van der Waals surface area contributed by atoms with Gasteiger partial charge in [-0.15, -0.1) is 0 Å². The zero-order valence-corrected chi connectivity index (χ0v) is 9.86. The van der Waals surface area contributed by atoms with Gasteiger partial charge in [-0.25, -0.2) is 4.79 Å². The van der Waals surface area contributed by atoms with E-state index in [0.29, 0.717) is 5.57 Å². The number of rotatable bonds is 4. The topological polar surface area (TPSA) is 63.0 Å². The maximum atomic E-state index is 11.5. The second-order valence-corrected chi connectivity index (χ2v) is 3.35. The summed E-state index contributed by atoms with van der Waals surface area (Å²) in [6.07, 6.45) is 4.15. The lowest BCUT2D eigenvalue weighted by Crippen LogP contribution is -2.08. The number of nitrogens with one attached hydrogen (secondary N) is 1. The van der Waals surface area contributed by atoms with Gasteiger partial charge in [-0.3, -0.25) is 4.98 Å². The highest BCUT2D eigenvalue weighted by atomic mass is 16.5. The van der Waals surface area contributed by atoms with Gasteiger partial charge in [-0.05, 0) is 30.2 Å². The minimum Gasteiger partial charge on any atom is -0.465 e. The summed E-state index contributed by atoms with van der Waals surface area (Å²) in [5, 5.41) is 7.28. The van der Waals surface area contributed by atoms with E-state index in [0.717, 1.165) is 17.5 Å². The number of pyridine rings is 1. The van der Waals surface area contributed by atoms with E-state index in [2.05, 4.69) is 16.3 Å². The molecule has 0 aliphatic rings. The minimum atomic E-state index is -0.552.